The molecule has 1 aliphatic heterocycles. The monoisotopic (exact) mass is 311 g/mol. The van der Waals surface area contributed by atoms with E-state index in [0.717, 1.165) is 23.7 Å². The van der Waals surface area contributed by atoms with Crippen molar-refractivity contribution in [3.63, 3.8) is 0 Å². The topological polar surface area (TPSA) is 60.9 Å². The fourth-order valence-electron chi connectivity index (χ4n) is 2.27. The van der Waals surface area contributed by atoms with Crippen LogP contribution in [0.25, 0.3) is 0 Å². The lowest BCUT2D eigenvalue weighted by molar-refractivity contribution is -0.131. The minimum atomic E-state index is -3.49. The fraction of sp³-hybridized carbons (Fsp3) is 0.500. The molecule has 0 spiro atoms. The second-order valence-corrected chi connectivity index (χ2v) is 7.20. The zero-order valence-electron chi connectivity index (χ0n) is 12.4. The van der Waals surface area contributed by atoms with Crippen LogP contribution in [0.2, 0.25) is 0 Å². The van der Waals surface area contributed by atoms with E-state index in [4.69, 9.17) is 0 Å². The Kier molecular flexibility index (Phi) is 4.84. The standard InChI is InChI=1S/C14H21N3O3S/c1-15-8-10-16(11-9-15)14(18)12-17(21(2,19)20)13-6-4-3-5-7-13/h3-7H,8-12H2,1-2H3. The fourth-order valence-corrected chi connectivity index (χ4v) is 3.12. The van der Waals surface area contributed by atoms with Gasteiger partial charge in [0.2, 0.25) is 15.9 Å². The van der Waals surface area contributed by atoms with Gasteiger partial charge in [0.25, 0.3) is 0 Å². The highest BCUT2D eigenvalue weighted by atomic mass is 32.2. The Morgan fingerprint density at radius 2 is 1.71 bits per heavy atom. The van der Waals surface area contributed by atoms with Crippen molar-refractivity contribution in [3.05, 3.63) is 30.3 Å². The first-order chi connectivity index (χ1) is 9.88. The first kappa shape index (κ1) is 15.8. The number of nitrogens with zero attached hydrogens (tertiary/aromatic N) is 3. The lowest BCUT2D eigenvalue weighted by Gasteiger charge is -2.34. The number of hydrogen-bond donors (Lipinski definition) is 0. The highest BCUT2D eigenvalue weighted by molar-refractivity contribution is 7.92. The van der Waals surface area contributed by atoms with Crippen molar-refractivity contribution in [1.29, 1.82) is 0 Å². The minimum Gasteiger partial charge on any atom is -0.339 e. The Hall–Kier alpha value is -1.60. The summed E-state index contributed by atoms with van der Waals surface area (Å²) in [6.07, 6.45) is 1.12. The van der Waals surface area contributed by atoms with Gasteiger partial charge in [-0.05, 0) is 19.2 Å². The predicted octanol–water partition coefficient (Wildman–Crippen LogP) is 0.227. The van der Waals surface area contributed by atoms with Crippen LogP contribution in [0, 0.1) is 0 Å². The van der Waals surface area contributed by atoms with Crippen LogP contribution >= 0.6 is 0 Å². The first-order valence-electron chi connectivity index (χ1n) is 6.87. The maximum absolute atomic E-state index is 12.3. The Morgan fingerprint density at radius 1 is 1.14 bits per heavy atom. The number of carbonyl (C=O) groups is 1. The minimum absolute atomic E-state index is 0.146. The number of rotatable bonds is 4. The molecule has 2 rings (SSSR count). The molecule has 0 atom stereocenters. The maximum atomic E-state index is 12.3. The van der Waals surface area contributed by atoms with Gasteiger partial charge in [-0.2, -0.15) is 0 Å². The number of hydrogen-bond acceptors (Lipinski definition) is 4. The van der Waals surface area contributed by atoms with Crippen molar-refractivity contribution < 1.29 is 13.2 Å². The largest absolute Gasteiger partial charge is 0.339 e. The van der Waals surface area contributed by atoms with Gasteiger partial charge in [-0.1, -0.05) is 18.2 Å². The molecule has 21 heavy (non-hydrogen) atoms. The highest BCUT2D eigenvalue weighted by Gasteiger charge is 2.25. The molecule has 0 aromatic heterocycles. The molecule has 0 radical (unpaired) electrons. The first-order valence-corrected chi connectivity index (χ1v) is 8.72. The van der Waals surface area contributed by atoms with Gasteiger partial charge in [0.1, 0.15) is 6.54 Å². The number of piperazine rings is 1. The summed E-state index contributed by atoms with van der Waals surface area (Å²) in [5.74, 6) is -0.155. The number of para-hydroxylation sites is 1. The van der Waals surface area contributed by atoms with Crippen LogP contribution in [0.4, 0.5) is 5.69 Å². The van der Waals surface area contributed by atoms with Crippen LogP contribution in [0.1, 0.15) is 0 Å². The van der Waals surface area contributed by atoms with Crippen LogP contribution < -0.4 is 4.31 Å². The van der Waals surface area contributed by atoms with E-state index in [0.29, 0.717) is 18.8 Å². The van der Waals surface area contributed by atoms with E-state index < -0.39 is 10.0 Å². The normalized spacial score (nSPS) is 16.8. The smallest absolute Gasteiger partial charge is 0.243 e. The average Bonchev–Trinajstić information content (AvgIpc) is 2.45. The maximum Gasteiger partial charge on any atom is 0.243 e. The van der Waals surface area contributed by atoms with E-state index in [2.05, 4.69) is 4.90 Å². The molecule has 0 saturated carbocycles. The Labute approximate surface area is 126 Å². The molecule has 1 aliphatic rings. The van der Waals surface area contributed by atoms with Gasteiger partial charge in [-0.25, -0.2) is 8.42 Å². The van der Waals surface area contributed by atoms with Crippen LogP contribution in [0.5, 0.6) is 0 Å². The number of likely N-dealkylation sites (N-methyl/N-ethyl adjacent to an activating group) is 1. The number of sulfonamides is 1. The predicted molar refractivity (Wildman–Crippen MR) is 82.7 cm³/mol. The van der Waals surface area contributed by atoms with Gasteiger partial charge in [-0.3, -0.25) is 9.10 Å². The Balaban J connectivity index is 2.11. The van der Waals surface area contributed by atoms with Gasteiger partial charge in [0.05, 0.1) is 11.9 Å². The highest BCUT2D eigenvalue weighted by Crippen LogP contribution is 2.17. The molecule has 1 heterocycles. The van der Waals surface area contributed by atoms with Crippen molar-refractivity contribution in [2.75, 3.05) is 50.3 Å². The summed E-state index contributed by atoms with van der Waals surface area (Å²) in [6.45, 7) is 2.77. The molecule has 6 nitrogen and oxygen atoms in total. The van der Waals surface area contributed by atoms with E-state index in [9.17, 15) is 13.2 Å². The molecule has 7 heteroatoms. The zero-order valence-corrected chi connectivity index (χ0v) is 13.2. The molecule has 0 bridgehead atoms. The second-order valence-electron chi connectivity index (χ2n) is 5.29. The van der Waals surface area contributed by atoms with Crippen molar-refractivity contribution in [1.82, 2.24) is 9.80 Å². The van der Waals surface area contributed by atoms with Crippen LogP contribution in [-0.2, 0) is 14.8 Å². The summed E-state index contributed by atoms with van der Waals surface area (Å²) >= 11 is 0. The molecule has 0 N–H and O–H groups in total. The zero-order chi connectivity index (χ0) is 15.5. The van der Waals surface area contributed by atoms with Crippen molar-refractivity contribution in [2.45, 2.75) is 0 Å². The molecular weight excluding hydrogens is 290 g/mol. The van der Waals surface area contributed by atoms with Gasteiger partial charge in [0.15, 0.2) is 0 Å². The third kappa shape index (κ3) is 4.18. The summed E-state index contributed by atoms with van der Waals surface area (Å²) in [7, 11) is -1.48. The van der Waals surface area contributed by atoms with Crippen LogP contribution in [0.3, 0.4) is 0 Å². The SMILES string of the molecule is CN1CCN(C(=O)CN(c2ccccc2)S(C)(=O)=O)CC1. The number of carbonyl (C=O) groups excluding carboxylic acids is 1. The third-order valence-electron chi connectivity index (χ3n) is 3.58. The number of amides is 1. The van der Waals surface area contributed by atoms with E-state index in [-0.39, 0.29) is 12.5 Å². The number of benzene rings is 1. The van der Waals surface area contributed by atoms with Crippen LogP contribution in [0.15, 0.2) is 30.3 Å². The van der Waals surface area contributed by atoms with Gasteiger partial charge >= 0.3 is 0 Å². The van der Waals surface area contributed by atoms with E-state index in [1.165, 1.54) is 0 Å². The molecule has 116 valence electrons. The molecule has 1 aromatic rings. The van der Waals surface area contributed by atoms with Crippen molar-refractivity contribution in [2.24, 2.45) is 0 Å². The lowest BCUT2D eigenvalue weighted by atomic mass is 10.3. The summed E-state index contributed by atoms with van der Waals surface area (Å²) in [5.41, 5.74) is 0.516. The number of anilines is 1. The summed E-state index contributed by atoms with van der Waals surface area (Å²) in [6, 6.07) is 8.71. The van der Waals surface area contributed by atoms with Gasteiger partial charge in [-0.15, -0.1) is 0 Å². The summed E-state index contributed by atoms with van der Waals surface area (Å²) in [5, 5.41) is 0. The molecule has 0 unspecified atom stereocenters. The molecule has 1 aromatic carbocycles. The molecular formula is C14H21N3O3S. The van der Waals surface area contributed by atoms with Gasteiger partial charge in [0, 0.05) is 26.2 Å². The molecule has 1 amide bonds. The molecule has 0 aliphatic carbocycles. The second kappa shape index (κ2) is 6.44. The van der Waals surface area contributed by atoms with E-state index >= 15 is 0 Å². The van der Waals surface area contributed by atoms with E-state index in [1.807, 2.05) is 13.1 Å². The molecule has 1 saturated heterocycles. The van der Waals surface area contributed by atoms with Gasteiger partial charge < -0.3 is 9.80 Å². The molecule has 1 fully saturated rings. The summed E-state index contributed by atoms with van der Waals surface area (Å²) in [4.78, 5) is 16.2. The summed E-state index contributed by atoms with van der Waals surface area (Å²) < 4.78 is 25.1. The lowest BCUT2D eigenvalue weighted by Crippen LogP contribution is -2.50. The van der Waals surface area contributed by atoms with Crippen molar-refractivity contribution in [3.8, 4) is 0 Å². The average molecular weight is 311 g/mol. The Bertz CT molecular complexity index is 581. The Morgan fingerprint density at radius 3 is 2.24 bits per heavy atom. The quantitative estimate of drug-likeness (QED) is 0.798. The van der Waals surface area contributed by atoms with Crippen molar-refractivity contribution >= 4 is 21.6 Å². The third-order valence-corrected chi connectivity index (χ3v) is 4.72. The van der Waals surface area contributed by atoms with Crippen LogP contribution in [-0.4, -0.2) is 70.2 Å². The van der Waals surface area contributed by atoms with E-state index in [1.54, 1.807) is 29.2 Å².